The van der Waals surface area contributed by atoms with Gasteiger partial charge in [0, 0.05) is 6.42 Å². The van der Waals surface area contributed by atoms with Gasteiger partial charge in [0.05, 0.1) is 25.2 Å². The van der Waals surface area contributed by atoms with Crippen LogP contribution < -0.4 is 5.32 Å². The van der Waals surface area contributed by atoms with Crippen molar-refractivity contribution < 1.29 is 24.5 Å². The summed E-state index contributed by atoms with van der Waals surface area (Å²) in [5, 5.41) is 23.8. The van der Waals surface area contributed by atoms with Crippen LogP contribution in [0.2, 0.25) is 0 Å². The van der Waals surface area contributed by atoms with Gasteiger partial charge < -0.3 is 20.3 Å². The average molecular weight is 836 g/mol. The first-order valence-electron chi connectivity index (χ1n) is 26.8. The summed E-state index contributed by atoms with van der Waals surface area (Å²) in [6.07, 6.45) is 51.6. The van der Waals surface area contributed by atoms with Crippen LogP contribution in [0, 0.1) is 0 Å². The molecule has 0 aromatic heterocycles. The molecule has 3 N–H and O–H groups in total. The summed E-state index contributed by atoms with van der Waals surface area (Å²) in [6, 6.07) is -0.692. The number of aliphatic hydroxyl groups excluding tert-OH is 2. The van der Waals surface area contributed by atoms with Crippen molar-refractivity contribution in [2.45, 2.75) is 322 Å². The lowest BCUT2D eigenvalue weighted by molar-refractivity contribution is -0.151. The molecule has 1 amide bonds. The van der Waals surface area contributed by atoms with Crippen LogP contribution in [0.15, 0.2) is 0 Å². The molecule has 0 heterocycles. The molecule has 352 valence electrons. The van der Waals surface area contributed by atoms with Crippen LogP contribution in [0.25, 0.3) is 0 Å². The molecule has 0 saturated heterocycles. The van der Waals surface area contributed by atoms with Crippen LogP contribution in [-0.4, -0.2) is 46.9 Å². The number of esters is 1. The molecule has 0 aliphatic carbocycles. The van der Waals surface area contributed by atoms with Crippen molar-refractivity contribution in [2.75, 3.05) is 6.61 Å². The Balaban J connectivity index is 4.52. The normalized spacial score (nSPS) is 13.1. The average Bonchev–Trinajstić information content (AvgIpc) is 3.23. The van der Waals surface area contributed by atoms with E-state index < -0.39 is 18.2 Å². The summed E-state index contributed by atoms with van der Waals surface area (Å²) in [5.74, 6) is -0.449. The lowest BCUT2D eigenvalue weighted by Crippen LogP contribution is -2.46. The summed E-state index contributed by atoms with van der Waals surface area (Å²) in [5.41, 5.74) is 0. The monoisotopic (exact) mass is 836 g/mol. The standard InChI is InChI=1S/C53H105NO5/c1-4-7-10-13-16-19-22-25-26-28-29-32-35-38-41-44-49(59-53(58)46-43-40-37-34-31-27-23-20-17-14-11-8-5-2)47-52(57)54-50(48-55)51(56)45-42-39-36-33-30-24-21-18-15-12-9-6-3/h49-51,55-56H,4-48H2,1-3H3,(H,54,57). The third-order valence-electron chi connectivity index (χ3n) is 12.7. The molecule has 3 atom stereocenters. The molecule has 0 bridgehead atoms. The zero-order valence-corrected chi connectivity index (χ0v) is 40.2. The molecule has 0 spiro atoms. The van der Waals surface area contributed by atoms with E-state index in [0.717, 1.165) is 38.5 Å². The molecule has 6 heteroatoms. The summed E-state index contributed by atoms with van der Waals surface area (Å²) < 4.78 is 5.95. The van der Waals surface area contributed by atoms with Gasteiger partial charge >= 0.3 is 5.97 Å². The van der Waals surface area contributed by atoms with E-state index in [1.54, 1.807) is 0 Å². The highest BCUT2D eigenvalue weighted by Gasteiger charge is 2.24. The van der Waals surface area contributed by atoms with Gasteiger partial charge in [-0.2, -0.15) is 0 Å². The zero-order chi connectivity index (χ0) is 43.1. The molecule has 0 aliphatic heterocycles. The molecule has 0 rings (SSSR count). The van der Waals surface area contributed by atoms with Crippen molar-refractivity contribution in [1.29, 1.82) is 0 Å². The molecule has 0 aliphatic rings. The second kappa shape index (κ2) is 47.9. The van der Waals surface area contributed by atoms with Gasteiger partial charge in [0.2, 0.25) is 5.91 Å². The van der Waals surface area contributed by atoms with Crippen LogP contribution in [0.4, 0.5) is 0 Å². The minimum Gasteiger partial charge on any atom is -0.462 e. The topological polar surface area (TPSA) is 95.9 Å². The van der Waals surface area contributed by atoms with Crippen LogP contribution >= 0.6 is 0 Å². The Hall–Kier alpha value is -1.14. The van der Waals surface area contributed by atoms with E-state index >= 15 is 0 Å². The summed E-state index contributed by atoms with van der Waals surface area (Å²) >= 11 is 0. The molecule has 59 heavy (non-hydrogen) atoms. The molecule has 0 saturated carbocycles. The first kappa shape index (κ1) is 57.9. The van der Waals surface area contributed by atoms with Gasteiger partial charge in [0.1, 0.15) is 6.10 Å². The lowest BCUT2D eigenvalue weighted by atomic mass is 10.0. The predicted molar refractivity (Wildman–Crippen MR) is 255 cm³/mol. The zero-order valence-electron chi connectivity index (χ0n) is 40.2. The maximum absolute atomic E-state index is 13.2. The molecule has 0 aromatic rings. The fraction of sp³-hybridized carbons (Fsp3) is 0.962. The van der Waals surface area contributed by atoms with Crippen LogP contribution in [0.5, 0.6) is 0 Å². The Morgan fingerprint density at radius 3 is 1.03 bits per heavy atom. The van der Waals surface area contributed by atoms with Crippen molar-refractivity contribution in [1.82, 2.24) is 5.32 Å². The maximum Gasteiger partial charge on any atom is 0.306 e. The third-order valence-corrected chi connectivity index (χ3v) is 12.7. The van der Waals surface area contributed by atoms with E-state index in [2.05, 4.69) is 26.1 Å². The Morgan fingerprint density at radius 2 is 0.712 bits per heavy atom. The van der Waals surface area contributed by atoms with Crippen molar-refractivity contribution in [3.05, 3.63) is 0 Å². The third kappa shape index (κ3) is 43.3. The van der Waals surface area contributed by atoms with Crippen molar-refractivity contribution >= 4 is 11.9 Å². The van der Waals surface area contributed by atoms with Gasteiger partial charge in [-0.1, -0.05) is 265 Å². The van der Waals surface area contributed by atoms with Crippen molar-refractivity contribution in [3.63, 3.8) is 0 Å². The van der Waals surface area contributed by atoms with E-state index in [1.165, 1.54) is 218 Å². The Morgan fingerprint density at radius 1 is 0.424 bits per heavy atom. The van der Waals surface area contributed by atoms with E-state index in [0.29, 0.717) is 19.3 Å². The van der Waals surface area contributed by atoms with Gasteiger partial charge in [-0.3, -0.25) is 9.59 Å². The van der Waals surface area contributed by atoms with E-state index in [4.69, 9.17) is 4.74 Å². The highest BCUT2D eigenvalue weighted by molar-refractivity contribution is 5.77. The van der Waals surface area contributed by atoms with Gasteiger partial charge in [0.15, 0.2) is 0 Å². The number of amides is 1. The second-order valence-corrected chi connectivity index (χ2v) is 18.6. The molecule has 0 radical (unpaired) electrons. The van der Waals surface area contributed by atoms with Gasteiger partial charge in [0.25, 0.3) is 0 Å². The fourth-order valence-electron chi connectivity index (χ4n) is 8.61. The molecule has 6 nitrogen and oxygen atoms in total. The number of rotatable bonds is 49. The minimum absolute atomic E-state index is 0.0881. The summed E-state index contributed by atoms with van der Waals surface area (Å²) in [4.78, 5) is 26.1. The van der Waals surface area contributed by atoms with Crippen LogP contribution in [-0.2, 0) is 14.3 Å². The molecular weight excluding hydrogens is 731 g/mol. The van der Waals surface area contributed by atoms with Crippen LogP contribution in [0.1, 0.15) is 303 Å². The highest BCUT2D eigenvalue weighted by atomic mass is 16.5. The Kier molecular flexibility index (Phi) is 47.0. The maximum atomic E-state index is 13.2. The molecule has 0 fully saturated rings. The van der Waals surface area contributed by atoms with E-state index in [1.807, 2.05) is 0 Å². The summed E-state index contributed by atoms with van der Waals surface area (Å²) in [6.45, 7) is 6.51. The molecule has 3 unspecified atom stereocenters. The number of ether oxygens (including phenoxy) is 1. The van der Waals surface area contributed by atoms with E-state index in [9.17, 15) is 19.8 Å². The van der Waals surface area contributed by atoms with Crippen molar-refractivity contribution in [2.24, 2.45) is 0 Å². The lowest BCUT2D eigenvalue weighted by Gasteiger charge is -2.24. The number of carbonyl (C=O) groups excluding carboxylic acids is 2. The quantitative estimate of drug-likeness (QED) is 0.0419. The number of unbranched alkanes of at least 4 members (excludes halogenated alkanes) is 37. The number of nitrogens with one attached hydrogen (secondary N) is 1. The highest BCUT2D eigenvalue weighted by Crippen LogP contribution is 2.19. The first-order valence-corrected chi connectivity index (χ1v) is 26.8. The smallest absolute Gasteiger partial charge is 0.306 e. The van der Waals surface area contributed by atoms with Gasteiger partial charge in [-0.15, -0.1) is 0 Å². The Labute approximate surface area is 368 Å². The van der Waals surface area contributed by atoms with Gasteiger partial charge in [-0.05, 0) is 25.7 Å². The van der Waals surface area contributed by atoms with Gasteiger partial charge in [-0.25, -0.2) is 0 Å². The number of carbonyl (C=O) groups is 2. The number of hydrogen-bond donors (Lipinski definition) is 3. The second-order valence-electron chi connectivity index (χ2n) is 18.6. The first-order chi connectivity index (χ1) is 29.0. The minimum atomic E-state index is -0.779. The molecular formula is C53H105NO5. The number of hydrogen-bond acceptors (Lipinski definition) is 5. The number of aliphatic hydroxyl groups is 2. The Bertz CT molecular complexity index is 852. The van der Waals surface area contributed by atoms with Crippen LogP contribution in [0.3, 0.4) is 0 Å². The fourth-order valence-corrected chi connectivity index (χ4v) is 8.61. The SMILES string of the molecule is CCCCCCCCCCCCCCCCCC(CC(=O)NC(CO)C(O)CCCCCCCCCCCCCC)OC(=O)CCCCCCCCCCCCCCC. The summed E-state index contributed by atoms with van der Waals surface area (Å²) in [7, 11) is 0. The largest absolute Gasteiger partial charge is 0.462 e. The van der Waals surface area contributed by atoms with E-state index in [-0.39, 0.29) is 24.9 Å². The predicted octanol–water partition coefficient (Wildman–Crippen LogP) is 16.0. The van der Waals surface area contributed by atoms with Crippen molar-refractivity contribution in [3.8, 4) is 0 Å². The molecule has 0 aromatic carbocycles.